The van der Waals surface area contributed by atoms with Crippen molar-refractivity contribution in [3.05, 3.63) is 63.7 Å². The second kappa shape index (κ2) is 8.38. The van der Waals surface area contributed by atoms with Crippen molar-refractivity contribution in [3.63, 3.8) is 0 Å². The van der Waals surface area contributed by atoms with E-state index in [-0.39, 0.29) is 34.7 Å². The van der Waals surface area contributed by atoms with Crippen LogP contribution in [0.1, 0.15) is 28.4 Å². The van der Waals surface area contributed by atoms with Gasteiger partial charge in [-0.3, -0.25) is 14.9 Å². The maximum Gasteiger partial charge on any atom is 0.339 e. The van der Waals surface area contributed by atoms with Gasteiger partial charge < -0.3 is 9.84 Å². The summed E-state index contributed by atoms with van der Waals surface area (Å²) in [6.07, 6.45) is 1.22. The number of aromatic carboxylic acids is 1. The molecular formula is C21H17ClN2O6. The van der Waals surface area contributed by atoms with Gasteiger partial charge >= 0.3 is 12.0 Å². The molecule has 154 valence electrons. The Morgan fingerprint density at radius 1 is 1.23 bits per heavy atom. The Hall–Kier alpha value is -3.65. The molecule has 0 unspecified atom stereocenters. The third-order valence-corrected chi connectivity index (χ3v) is 4.84. The fourth-order valence-electron chi connectivity index (χ4n) is 2.97. The zero-order valence-corrected chi connectivity index (χ0v) is 16.8. The number of carboxylic acid groups (broad SMARTS) is 1. The molecular weight excluding hydrogens is 412 g/mol. The standard InChI is InChI=1S/C21H17ClN2O6/c1-3-30-17-8-7-12(9-13(17)20(27)28)10-14-18(25)23-21(29)24(19(14)26)16-6-4-5-15(22)11(16)2/h4-10H,3H2,1-2H3,(H,27,28)(H,23,25,29). The Labute approximate surface area is 176 Å². The summed E-state index contributed by atoms with van der Waals surface area (Å²) in [6, 6.07) is 8.06. The van der Waals surface area contributed by atoms with Crippen LogP contribution in [0.25, 0.3) is 6.08 Å². The van der Waals surface area contributed by atoms with Crippen LogP contribution in [0.15, 0.2) is 42.0 Å². The van der Waals surface area contributed by atoms with Crippen molar-refractivity contribution in [2.24, 2.45) is 0 Å². The first-order valence-corrected chi connectivity index (χ1v) is 9.29. The molecule has 8 nitrogen and oxygen atoms in total. The first-order chi connectivity index (χ1) is 14.2. The van der Waals surface area contributed by atoms with Crippen LogP contribution in [0, 0.1) is 6.92 Å². The highest BCUT2D eigenvalue weighted by molar-refractivity contribution is 6.40. The van der Waals surface area contributed by atoms with E-state index in [2.05, 4.69) is 5.32 Å². The van der Waals surface area contributed by atoms with Crippen molar-refractivity contribution < 1.29 is 29.0 Å². The lowest BCUT2D eigenvalue weighted by Gasteiger charge is -2.27. The molecule has 4 amide bonds. The summed E-state index contributed by atoms with van der Waals surface area (Å²) in [7, 11) is 0. The molecule has 1 saturated heterocycles. The van der Waals surface area contributed by atoms with Crippen LogP contribution < -0.4 is 15.0 Å². The first kappa shape index (κ1) is 21.1. The van der Waals surface area contributed by atoms with E-state index in [1.54, 1.807) is 26.0 Å². The maximum absolute atomic E-state index is 13.0. The predicted molar refractivity (Wildman–Crippen MR) is 110 cm³/mol. The number of nitrogens with one attached hydrogen (secondary N) is 1. The highest BCUT2D eigenvalue weighted by Crippen LogP contribution is 2.30. The molecule has 2 aromatic carbocycles. The van der Waals surface area contributed by atoms with Crippen LogP contribution in [-0.2, 0) is 9.59 Å². The third-order valence-electron chi connectivity index (χ3n) is 4.43. The van der Waals surface area contributed by atoms with Gasteiger partial charge in [-0.25, -0.2) is 14.5 Å². The summed E-state index contributed by atoms with van der Waals surface area (Å²) >= 11 is 6.09. The van der Waals surface area contributed by atoms with Crippen LogP contribution in [-0.4, -0.2) is 35.5 Å². The molecule has 0 saturated carbocycles. The number of carbonyl (C=O) groups is 4. The van der Waals surface area contributed by atoms with Gasteiger partial charge in [-0.2, -0.15) is 0 Å². The van der Waals surface area contributed by atoms with Gasteiger partial charge in [0.1, 0.15) is 16.9 Å². The lowest BCUT2D eigenvalue weighted by atomic mass is 10.0. The molecule has 1 aliphatic heterocycles. The average Bonchev–Trinajstić information content (AvgIpc) is 2.69. The number of anilines is 1. The number of barbiturate groups is 1. The molecule has 0 aromatic heterocycles. The molecule has 1 heterocycles. The minimum absolute atomic E-state index is 0.117. The molecule has 0 atom stereocenters. The monoisotopic (exact) mass is 428 g/mol. The predicted octanol–water partition coefficient (Wildman–Crippen LogP) is 3.41. The molecule has 2 N–H and O–H groups in total. The number of benzene rings is 2. The van der Waals surface area contributed by atoms with Gasteiger partial charge in [-0.15, -0.1) is 0 Å². The van der Waals surface area contributed by atoms with Gasteiger partial charge in [-0.1, -0.05) is 23.7 Å². The SMILES string of the molecule is CCOc1ccc(C=C2C(=O)NC(=O)N(c3cccc(Cl)c3C)C2=O)cc1C(=O)O. The first-order valence-electron chi connectivity index (χ1n) is 8.91. The highest BCUT2D eigenvalue weighted by Gasteiger charge is 2.37. The molecule has 0 radical (unpaired) electrons. The van der Waals surface area contributed by atoms with E-state index in [1.165, 1.54) is 30.3 Å². The molecule has 1 fully saturated rings. The van der Waals surface area contributed by atoms with Gasteiger partial charge in [0.05, 0.1) is 12.3 Å². The average molecular weight is 429 g/mol. The number of carboxylic acids is 1. The summed E-state index contributed by atoms with van der Waals surface area (Å²) in [5.41, 5.74) is 0.571. The van der Waals surface area contributed by atoms with Crippen molar-refractivity contribution in [2.75, 3.05) is 11.5 Å². The van der Waals surface area contributed by atoms with Gasteiger partial charge in [0, 0.05) is 5.02 Å². The minimum Gasteiger partial charge on any atom is -0.493 e. The van der Waals surface area contributed by atoms with Crippen LogP contribution in [0.5, 0.6) is 5.75 Å². The van der Waals surface area contributed by atoms with E-state index in [1.807, 2.05) is 0 Å². The maximum atomic E-state index is 13.0. The van der Waals surface area contributed by atoms with Crippen molar-refractivity contribution in [2.45, 2.75) is 13.8 Å². The van der Waals surface area contributed by atoms with E-state index in [0.717, 1.165) is 4.90 Å². The zero-order valence-electron chi connectivity index (χ0n) is 16.1. The lowest BCUT2D eigenvalue weighted by molar-refractivity contribution is -0.122. The Balaban J connectivity index is 2.06. The number of urea groups is 1. The second-order valence-electron chi connectivity index (χ2n) is 6.34. The highest BCUT2D eigenvalue weighted by atomic mass is 35.5. The number of nitrogens with zero attached hydrogens (tertiary/aromatic N) is 1. The lowest BCUT2D eigenvalue weighted by Crippen LogP contribution is -2.54. The van der Waals surface area contributed by atoms with Crippen molar-refractivity contribution in [1.29, 1.82) is 0 Å². The Bertz CT molecular complexity index is 1110. The second-order valence-corrected chi connectivity index (χ2v) is 6.74. The van der Waals surface area contributed by atoms with Gasteiger partial charge in [0.15, 0.2) is 0 Å². The minimum atomic E-state index is -1.22. The summed E-state index contributed by atoms with van der Waals surface area (Å²) in [4.78, 5) is 50.0. The number of halogens is 1. The van der Waals surface area contributed by atoms with E-state index < -0.39 is 23.8 Å². The number of carbonyl (C=O) groups excluding carboxylic acids is 3. The molecule has 0 spiro atoms. The van der Waals surface area contributed by atoms with Crippen LogP contribution >= 0.6 is 11.6 Å². The number of imide groups is 2. The quantitative estimate of drug-likeness (QED) is 0.557. The number of hydrogen-bond donors (Lipinski definition) is 2. The number of amides is 4. The molecule has 0 aliphatic carbocycles. The fraction of sp³-hybridized carbons (Fsp3) is 0.143. The van der Waals surface area contributed by atoms with E-state index in [9.17, 15) is 24.3 Å². The third kappa shape index (κ3) is 3.90. The van der Waals surface area contributed by atoms with E-state index >= 15 is 0 Å². The molecule has 2 aromatic rings. The Kier molecular flexibility index (Phi) is 5.89. The van der Waals surface area contributed by atoms with Gasteiger partial charge in [0.25, 0.3) is 11.8 Å². The molecule has 1 aliphatic rings. The Morgan fingerprint density at radius 2 is 1.97 bits per heavy atom. The largest absolute Gasteiger partial charge is 0.493 e. The zero-order chi connectivity index (χ0) is 22.0. The summed E-state index contributed by atoms with van der Waals surface area (Å²) in [5, 5.41) is 11.9. The number of hydrogen-bond acceptors (Lipinski definition) is 5. The number of rotatable bonds is 5. The molecule has 0 bridgehead atoms. The summed E-state index contributed by atoms with van der Waals surface area (Å²) < 4.78 is 5.29. The molecule has 30 heavy (non-hydrogen) atoms. The molecule has 3 rings (SSSR count). The topological polar surface area (TPSA) is 113 Å². The van der Waals surface area contributed by atoms with Crippen LogP contribution in [0.4, 0.5) is 10.5 Å². The fourth-order valence-corrected chi connectivity index (χ4v) is 3.14. The summed E-state index contributed by atoms with van der Waals surface area (Å²) in [6.45, 7) is 3.64. The number of ether oxygens (including phenoxy) is 1. The van der Waals surface area contributed by atoms with E-state index in [0.29, 0.717) is 10.6 Å². The Morgan fingerprint density at radius 3 is 2.63 bits per heavy atom. The van der Waals surface area contributed by atoms with Crippen molar-refractivity contribution in [3.8, 4) is 5.75 Å². The van der Waals surface area contributed by atoms with Gasteiger partial charge in [-0.05, 0) is 55.3 Å². The van der Waals surface area contributed by atoms with E-state index in [4.69, 9.17) is 16.3 Å². The van der Waals surface area contributed by atoms with Crippen LogP contribution in [0.3, 0.4) is 0 Å². The summed E-state index contributed by atoms with van der Waals surface area (Å²) in [5.74, 6) is -2.78. The van der Waals surface area contributed by atoms with Crippen molar-refractivity contribution >= 4 is 47.2 Å². The molecule has 9 heteroatoms. The van der Waals surface area contributed by atoms with Gasteiger partial charge in [0.2, 0.25) is 0 Å². The normalized spacial score (nSPS) is 15.4. The van der Waals surface area contributed by atoms with Crippen molar-refractivity contribution in [1.82, 2.24) is 5.32 Å². The van der Waals surface area contributed by atoms with Crippen LogP contribution in [0.2, 0.25) is 5.02 Å². The smallest absolute Gasteiger partial charge is 0.339 e.